The maximum atomic E-state index is 11.6. The molecule has 0 aliphatic carbocycles. The van der Waals surface area contributed by atoms with Crippen molar-refractivity contribution in [2.24, 2.45) is 0 Å². The number of hydrogen-bond acceptors (Lipinski definition) is 4. The molecule has 0 unspecified atom stereocenters. The van der Waals surface area contributed by atoms with Crippen LogP contribution in [0.25, 0.3) is 11.0 Å². The molecule has 2 aromatic rings. The molecule has 78 valence electrons. The molecule has 1 aromatic carbocycles. The second-order valence-corrected chi connectivity index (χ2v) is 3.13. The third-order valence-corrected chi connectivity index (χ3v) is 2.07. The van der Waals surface area contributed by atoms with Crippen LogP contribution in [0.2, 0.25) is 0 Å². The lowest BCUT2D eigenvalue weighted by Crippen LogP contribution is -2.05. The Hall–Kier alpha value is -1.97. The van der Waals surface area contributed by atoms with Crippen LogP contribution in [0.4, 0.5) is 5.69 Å². The summed E-state index contributed by atoms with van der Waals surface area (Å²) in [6, 6.07) is 5.07. The minimum atomic E-state index is -0.412. The minimum Gasteiger partial charge on any atom is -0.463 e. The number of furan rings is 1. The number of nitrogen functional groups attached to an aromatic ring is 1. The number of carbonyl (C=O) groups excluding carboxylic acids is 1. The summed E-state index contributed by atoms with van der Waals surface area (Å²) in [7, 11) is 0. The fourth-order valence-corrected chi connectivity index (χ4v) is 1.47. The molecule has 0 spiro atoms. The number of hydrogen-bond donors (Lipinski definition) is 1. The van der Waals surface area contributed by atoms with Crippen molar-refractivity contribution < 1.29 is 13.9 Å². The van der Waals surface area contributed by atoms with Crippen LogP contribution in [-0.4, -0.2) is 12.6 Å². The van der Waals surface area contributed by atoms with Crippen molar-refractivity contribution in [2.45, 2.75) is 6.92 Å². The third kappa shape index (κ3) is 1.66. The monoisotopic (exact) mass is 205 g/mol. The van der Waals surface area contributed by atoms with Crippen LogP contribution < -0.4 is 5.73 Å². The highest BCUT2D eigenvalue weighted by Crippen LogP contribution is 2.24. The summed E-state index contributed by atoms with van der Waals surface area (Å²) >= 11 is 0. The van der Waals surface area contributed by atoms with Gasteiger partial charge in [-0.05, 0) is 25.1 Å². The molecule has 0 fully saturated rings. The van der Waals surface area contributed by atoms with Gasteiger partial charge in [0.05, 0.1) is 12.9 Å². The lowest BCUT2D eigenvalue weighted by atomic mass is 10.1. The molecular weight excluding hydrogens is 194 g/mol. The second-order valence-electron chi connectivity index (χ2n) is 3.13. The first-order valence-electron chi connectivity index (χ1n) is 4.66. The van der Waals surface area contributed by atoms with Gasteiger partial charge in [-0.3, -0.25) is 0 Å². The van der Waals surface area contributed by atoms with Crippen LogP contribution in [0, 0.1) is 0 Å². The highest BCUT2D eigenvalue weighted by molar-refractivity contribution is 6.03. The van der Waals surface area contributed by atoms with E-state index in [2.05, 4.69) is 0 Å². The summed E-state index contributed by atoms with van der Waals surface area (Å²) in [5.74, 6) is -0.412. The molecule has 2 N–H and O–H groups in total. The lowest BCUT2D eigenvalue weighted by Gasteiger charge is -2.03. The molecule has 0 saturated heterocycles. The Morgan fingerprint density at radius 2 is 2.33 bits per heavy atom. The van der Waals surface area contributed by atoms with Gasteiger partial charge in [0.25, 0.3) is 0 Å². The van der Waals surface area contributed by atoms with Crippen LogP contribution in [0.3, 0.4) is 0 Å². The fraction of sp³-hybridized carbons (Fsp3) is 0.182. The van der Waals surface area contributed by atoms with Gasteiger partial charge in [-0.25, -0.2) is 4.79 Å². The van der Waals surface area contributed by atoms with Crippen molar-refractivity contribution in [3.05, 3.63) is 30.0 Å². The molecule has 0 saturated carbocycles. The van der Waals surface area contributed by atoms with Gasteiger partial charge in [0.1, 0.15) is 11.1 Å². The number of rotatable bonds is 2. The van der Waals surface area contributed by atoms with Gasteiger partial charge in [-0.1, -0.05) is 0 Å². The number of esters is 1. The Balaban J connectivity index is 2.57. The Bertz CT molecular complexity index is 502. The van der Waals surface area contributed by atoms with E-state index in [1.807, 2.05) is 0 Å². The number of ether oxygens (including phenoxy) is 1. The van der Waals surface area contributed by atoms with Crippen LogP contribution >= 0.6 is 0 Å². The van der Waals surface area contributed by atoms with E-state index in [4.69, 9.17) is 14.9 Å². The van der Waals surface area contributed by atoms with E-state index in [1.54, 1.807) is 25.1 Å². The molecule has 1 aromatic heterocycles. The Morgan fingerprint density at radius 3 is 3.07 bits per heavy atom. The molecule has 4 heteroatoms. The molecule has 0 bridgehead atoms. The minimum absolute atomic E-state index is 0.329. The van der Waals surface area contributed by atoms with Crippen molar-refractivity contribution in [2.75, 3.05) is 12.3 Å². The summed E-state index contributed by atoms with van der Waals surface area (Å²) in [4.78, 5) is 11.6. The summed E-state index contributed by atoms with van der Waals surface area (Å²) in [5, 5.41) is 0.804. The van der Waals surface area contributed by atoms with Crippen molar-refractivity contribution >= 4 is 22.6 Å². The fourth-order valence-electron chi connectivity index (χ4n) is 1.47. The number of anilines is 1. The highest BCUT2D eigenvalue weighted by Gasteiger charge is 2.14. The van der Waals surface area contributed by atoms with Gasteiger partial charge >= 0.3 is 5.97 Å². The molecule has 0 aliphatic heterocycles. The van der Waals surface area contributed by atoms with Gasteiger partial charge in [-0.2, -0.15) is 0 Å². The average molecular weight is 205 g/mol. The van der Waals surface area contributed by atoms with Crippen LogP contribution in [0.15, 0.2) is 28.9 Å². The van der Waals surface area contributed by atoms with E-state index in [1.165, 1.54) is 6.26 Å². The summed E-state index contributed by atoms with van der Waals surface area (Å²) < 4.78 is 10.1. The zero-order valence-corrected chi connectivity index (χ0v) is 8.32. The van der Waals surface area contributed by atoms with Crippen LogP contribution in [0.5, 0.6) is 0 Å². The van der Waals surface area contributed by atoms with Gasteiger partial charge in [0, 0.05) is 11.1 Å². The first-order chi connectivity index (χ1) is 7.22. The van der Waals surface area contributed by atoms with E-state index in [0.717, 1.165) is 5.39 Å². The predicted octanol–water partition coefficient (Wildman–Crippen LogP) is 2.19. The van der Waals surface area contributed by atoms with Crippen molar-refractivity contribution in [3.8, 4) is 0 Å². The van der Waals surface area contributed by atoms with Crippen molar-refractivity contribution in [1.82, 2.24) is 0 Å². The van der Waals surface area contributed by atoms with Crippen LogP contribution in [0.1, 0.15) is 17.3 Å². The Kier molecular flexibility index (Phi) is 2.33. The molecule has 0 aliphatic rings. The van der Waals surface area contributed by atoms with E-state index >= 15 is 0 Å². The van der Waals surface area contributed by atoms with Gasteiger partial charge in [-0.15, -0.1) is 0 Å². The first-order valence-corrected chi connectivity index (χ1v) is 4.66. The van der Waals surface area contributed by atoms with Gasteiger partial charge < -0.3 is 14.9 Å². The predicted molar refractivity (Wildman–Crippen MR) is 56.6 cm³/mol. The van der Waals surface area contributed by atoms with E-state index in [9.17, 15) is 4.79 Å². The normalized spacial score (nSPS) is 10.5. The molecule has 15 heavy (non-hydrogen) atoms. The standard InChI is InChI=1S/C11H11NO3/c1-2-14-11(13)9-6-8(12)5-7-3-4-15-10(7)9/h3-6H,2,12H2,1H3. The van der Waals surface area contributed by atoms with Gasteiger partial charge in [0.15, 0.2) is 0 Å². The molecule has 2 rings (SSSR count). The van der Waals surface area contributed by atoms with E-state index in [-0.39, 0.29) is 0 Å². The zero-order chi connectivity index (χ0) is 10.8. The SMILES string of the molecule is CCOC(=O)c1cc(N)cc2ccoc12. The highest BCUT2D eigenvalue weighted by atomic mass is 16.5. The third-order valence-electron chi connectivity index (χ3n) is 2.07. The molecule has 0 atom stereocenters. The lowest BCUT2D eigenvalue weighted by molar-refractivity contribution is 0.0527. The number of fused-ring (bicyclic) bond motifs is 1. The summed E-state index contributed by atoms with van der Waals surface area (Å²) in [5.41, 5.74) is 7.08. The number of nitrogens with two attached hydrogens (primary N) is 1. The molecule has 0 amide bonds. The number of benzene rings is 1. The van der Waals surface area contributed by atoms with E-state index < -0.39 is 5.97 Å². The van der Waals surface area contributed by atoms with Crippen LogP contribution in [-0.2, 0) is 4.74 Å². The van der Waals surface area contributed by atoms with Crippen molar-refractivity contribution in [3.63, 3.8) is 0 Å². The molecule has 0 radical (unpaired) electrons. The van der Waals surface area contributed by atoms with E-state index in [0.29, 0.717) is 23.4 Å². The average Bonchev–Trinajstić information content (AvgIpc) is 2.64. The topological polar surface area (TPSA) is 65.5 Å². The first kappa shape index (κ1) is 9.58. The summed E-state index contributed by atoms with van der Waals surface area (Å²) in [6.07, 6.45) is 1.52. The summed E-state index contributed by atoms with van der Waals surface area (Å²) in [6.45, 7) is 2.08. The van der Waals surface area contributed by atoms with Crippen molar-refractivity contribution in [1.29, 1.82) is 0 Å². The molecule has 1 heterocycles. The zero-order valence-electron chi connectivity index (χ0n) is 8.32. The maximum Gasteiger partial charge on any atom is 0.342 e. The quantitative estimate of drug-likeness (QED) is 0.602. The molecular formula is C11H11NO3. The maximum absolute atomic E-state index is 11.6. The molecule has 4 nitrogen and oxygen atoms in total. The van der Waals surface area contributed by atoms with Gasteiger partial charge in [0.2, 0.25) is 0 Å². The smallest absolute Gasteiger partial charge is 0.342 e. The Morgan fingerprint density at radius 1 is 1.53 bits per heavy atom. The number of carbonyl (C=O) groups is 1. The Labute approximate surface area is 86.6 Å². The largest absolute Gasteiger partial charge is 0.463 e. The second kappa shape index (κ2) is 3.65.